The molecule has 0 radical (unpaired) electrons. The first-order chi connectivity index (χ1) is 9.61. The van der Waals surface area contributed by atoms with Gasteiger partial charge in [0.15, 0.2) is 0 Å². The summed E-state index contributed by atoms with van der Waals surface area (Å²) in [5.74, 6) is 1.25. The van der Waals surface area contributed by atoms with E-state index >= 15 is 0 Å². The van der Waals surface area contributed by atoms with Gasteiger partial charge < -0.3 is 15.4 Å². The molecule has 0 saturated carbocycles. The lowest BCUT2D eigenvalue weighted by molar-refractivity contribution is 0.0787. The summed E-state index contributed by atoms with van der Waals surface area (Å²) in [6.45, 7) is 6.33. The van der Waals surface area contributed by atoms with E-state index in [-0.39, 0.29) is 11.9 Å². The summed E-state index contributed by atoms with van der Waals surface area (Å²) in [4.78, 5) is 14.2. The van der Waals surface area contributed by atoms with Gasteiger partial charge in [0.05, 0.1) is 6.61 Å². The Balaban J connectivity index is 1.94. The molecule has 1 aromatic rings. The van der Waals surface area contributed by atoms with E-state index in [1.165, 1.54) is 0 Å². The van der Waals surface area contributed by atoms with E-state index in [0.29, 0.717) is 18.0 Å². The third-order valence-corrected chi connectivity index (χ3v) is 3.83. The zero-order chi connectivity index (χ0) is 14.5. The molecule has 0 aromatic heterocycles. The molecular formula is C16H24N2O2. The van der Waals surface area contributed by atoms with Crippen molar-refractivity contribution in [2.75, 3.05) is 19.7 Å². The molecule has 1 saturated heterocycles. The molecule has 1 aliphatic heterocycles. The number of rotatable bonds is 5. The van der Waals surface area contributed by atoms with Crippen LogP contribution in [0.3, 0.4) is 0 Å². The van der Waals surface area contributed by atoms with E-state index in [0.717, 1.165) is 31.7 Å². The molecule has 1 aliphatic rings. The van der Waals surface area contributed by atoms with Crippen LogP contribution in [-0.2, 0) is 0 Å². The second kappa shape index (κ2) is 6.75. The molecule has 2 N–H and O–H groups in total. The van der Waals surface area contributed by atoms with E-state index in [1.54, 1.807) is 0 Å². The van der Waals surface area contributed by atoms with Crippen LogP contribution in [0.25, 0.3) is 0 Å². The molecule has 20 heavy (non-hydrogen) atoms. The predicted octanol–water partition coefficient (Wildman–Crippen LogP) is 2.28. The zero-order valence-electron chi connectivity index (χ0n) is 12.3. The molecule has 4 nitrogen and oxygen atoms in total. The number of unbranched alkanes of at least 4 members (excludes halogenated alkanes) is 1. The van der Waals surface area contributed by atoms with Gasteiger partial charge in [-0.05, 0) is 36.6 Å². The molecule has 4 heteroatoms. The van der Waals surface area contributed by atoms with E-state index < -0.39 is 0 Å². The molecule has 2 unspecified atom stereocenters. The quantitative estimate of drug-likeness (QED) is 0.839. The van der Waals surface area contributed by atoms with Crippen LogP contribution in [0.1, 0.15) is 37.0 Å². The van der Waals surface area contributed by atoms with Crippen LogP contribution in [-0.4, -0.2) is 36.5 Å². The zero-order valence-corrected chi connectivity index (χ0v) is 12.3. The Morgan fingerprint density at radius 3 is 2.60 bits per heavy atom. The second-order valence-electron chi connectivity index (χ2n) is 5.58. The number of benzene rings is 1. The van der Waals surface area contributed by atoms with Crippen LogP contribution >= 0.6 is 0 Å². The van der Waals surface area contributed by atoms with Gasteiger partial charge in [-0.25, -0.2) is 0 Å². The van der Waals surface area contributed by atoms with Crippen molar-refractivity contribution in [3.05, 3.63) is 29.8 Å². The average Bonchev–Trinajstić information content (AvgIpc) is 2.79. The van der Waals surface area contributed by atoms with Crippen LogP contribution in [0.2, 0.25) is 0 Å². The number of nitrogens with two attached hydrogens (primary N) is 1. The lowest BCUT2D eigenvalue weighted by Gasteiger charge is -2.16. The Hall–Kier alpha value is -1.55. The van der Waals surface area contributed by atoms with Gasteiger partial charge in [-0.3, -0.25) is 4.79 Å². The smallest absolute Gasteiger partial charge is 0.253 e. The summed E-state index contributed by atoms with van der Waals surface area (Å²) in [5, 5.41) is 0. The summed E-state index contributed by atoms with van der Waals surface area (Å²) in [7, 11) is 0. The van der Waals surface area contributed by atoms with Crippen LogP contribution in [0.4, 0.5) is 0 Å². The first-order valence-corrected chi connectivity index (χ1v) is 7.39. The Bertz CT molecular complexity index is 434. The molecule has 0 spiro atoms. The Morgan fingerprint density at radius 1 is 1.35 bits per heavy atom. The van der Waals surface area contributed by atoms with E-state index in [4.69, 9.17) is 10.5 Å². The Kier molecular flexibility index (Phi) is 5.01. The molecule has 0 bridgehead atoms. The topological polar surface area (TPSA) is 55.6 Å². The van der Waals surface area contributed by atoms with Gasteiger partial charge in [0, 0.05) is 24.7 Å². The second-order valence-corrected chi connectivity index (χ2v) is 5.58. The number of ether oxygens (including phenoxy) is 1. The minimum absolute atomic E-state index is 0.0601. The van der Waals surface area contributed by atoms with Crippen molar-refractivity contribution in [2.24, 2.45) is 11.7 Å². The lowest BCUT2D eigenvalue weighted by atomic mass is 10.1. The number of likely N-dealkylation sites (tertiary alicyclic amines) is 1. The normalized spacial score (nSPS) is 22.1. The molecular weight excluding hydrogens is 252 g/mol. The minimum Gasteiger partial charge on any atom is -0.494 e. The maximum Gasteiger partial charge on any atom is 0.253 e. The first-order valence-electron chi connectivity index (χ1n) is 7.39. The predicted molar refractivity (Wildman–Crippen MR) is 79.9 cm³/mol. The number of amides is 1. The third kappa shape index (κ3) is 3.51. The molecule has 1 fully saturated rings. The molecule has 2 atom stereocenters. The molecule has 1 amide bonds. The van der Waals surface area contributed by atoms with Crippen molar-refractivity contribution < 1.29 is 9.53 Å². The highest BCUT2D eigenvalue weighted by Crippen LogP contribution is 2.19. The van der Waals surface area contributed by atoms with Crippen molar-refractivity contribution in [3.8, 4) is 5.75 Å². The molecule has 1 heterocycles. The van der Waals surface area contributed by atoms with Crippen molar-refractivity contribution in [3.63, 3.8) is 0 Å². The Morgan fingerprint density at radius 2 is 2.05 bits per heavy atom. The summed E-state index contributed by atoms with van der Waals surface area (Å²) in [5.41, 5.74) is 6.67. The van der Waals surface area contributed by atoms with Crippen LogP contribution < -0.4 is 10.5 Å². The fourth-order valence-corrected chi connectivity index (χ4v) is 2.37. The van der Waals surface area contributed by atoms with Gasteiger partial charge in [0.25, 0.3) is 5.91 Å². The fourth-order valence-electron chi connectivity index (χ4n) is 2.37. The summed E-state index contributed by atoms with van der Waals surface area (Å²) < 4.78 is 5.60. The number of nitrogens with zero attached hydrogens (tertiary/aromatic N) is 1. The number of carbonyl (C=O) groups is 1. The highest BCUT2D eigenvalue weighted by Gasteiger charge is 2.30. The molecule has 0 aliphatic carbocycles. The third-order valence-electron chi connectivity index (χ3n) is 3.83. The number of carbonyl (C=O) groups excluding carboxylic acids is 1. The van der Waals surface area contributed by atoms with E-state index in [9.17, 15) is 4.79 Å². The molecule has 2 rings (SSSR count). The first kappa shape index (κ1) is 14.9. The van der Waals surface area contributed by atoms with Gasteiger partial charge in [0.1, 0.15) is 5.75 Å². The van der Waals surface area contributed by atoms with Gasteiger partial charge in [-0.1, -0.05) is 20.3 Å². The minimum atomic E-state index is 0.0601. The molecule has 110 valence electrons. The maximum atomic E-state index is 12.3. The number of hydrogen-bond donors (Lipinski definition) is 1. The monoisotopic (exact) mass is 276 g/mol. The highest BCUT2D eigenvalue weighted by molar-refractivity contribution is 5.94. The highest BCUT2D eigenvalue weighted by atomic mass is 16.5. The van der Waals surface area contributed by atoms with Crippen molar-refractivity contribution >= 4 is 5.91 Å². The summed E-state index contributed by atoms with van der Waals surface area (Å²) >= 11 is 0. The van der Waals surface area contributed by atoms with Gasteiger partial charge >= 0.3 is 0 Å². The van der Waals surface area contributed by atoms with Gasteiger partial charge in [-0.15, -0.1) is 0 Å². The maximum absolute atomic E-state index is 12.3. The van der Waals surface area contributed by atoms with Crippen molar-refractivity contribution in [2.45, 2.75) is 32.7 Å². The van der Waals surface area contributed by atoms with Crippen LogP contribution in [0.5, 0.6) is 5.75 Å². The standard InChI is InChI=1S/C16H24N2O2/c1-3-4-9-20-14-7-5-13(6-8-14)16(19)18-10-12(2)15(17)11-18/h5-8,12,15H,3-4,9-11,17H2,1-2H3. The van der Waals surface area contributed by atoms with E-state index in [1.807, 2.05) is 29.2 Å². The van der Waals surface area contributed by atoms with Crippen LogP contribution in [0, 0.1) is 5.92 Å². The lowest BCUT2D eigenvalue weighted by Crippen LogP contribution is -2.32. The average molecular weight is 276 g/mol. The Labute approximate surface area is 120 Å². The fraction of sp³-hybridized carbons (Fsp3) is 0.562. The summed E-state index contributed by atoms with van der Waals surface area (Å²) in [6.07, 6.45) is 2.16. The van der Waals surface area contributed by atoms with E-state index in [2.05, 4.69) is 13.8 Å². The SMILES string of the molecule is CCCCOc1ccc(C(=O)N2CC(C)C(N)C2)cc1. The summed E-state index contributed by atoms with van der Waals surface area (Å²) in [6, 6.07) is 7.48. The van der Waals surface area contributed by atoms with Crippen LogP contribution in [0.15, 0.2) is 24.3 Å². The van der Waals surface area contributed by atoms with Gasteiger partial charge in [0.2, 0.25) is 0 Å². The largest absolute Gasteiger partial charge is 0.494 e. The molecule has 1 aromatic carbocycles. The van der Waals surface area contributed by atoms with Crippen molar-refractivity contribution in [1.82, 2.24) is 4.90 Å². The van der Waals surface area contributed by atoms with Gasteiger partial charge in [-0.2, -0.15) is 0 Å². The number of hydrogen-bond acceptors (Lipinski definition) is 3. The van der Waals surface area contributed by atoms with Crippen molar-refractivity contribution in [1.29, 1.82) is 0 Å².